The fourth-order valence-corrected chi connectivity index (χ4v) is 3.77. The van der Waals surface area contributed by atoms with Gasteiger partial charge in [-0.25, -0.2) is 9.37 Å². The lowest BCUT2D eigenvalue weighted by Gasteiger charge is -2.30. The standard InChI is InChI=1S/C22H27F4N5O2/c1-21(2,3)17(20(33)27-4)29-19(32)16-15-11-30(5)8-9-31(15)18(28-16)13-7-6-12(10-14(13)23)22(24,25)26/h6-7,10,17H,8-9,11H2,1-5H3,(H,27,33)(H,29,32)/t17-/m1/s1. The van der Waals surface area contributed by atoms with Gasteiger partial charge in [-0.15, -0.1) is 0 Å². The van der Waals surface area contributed by atoms with Gasteiger partial charge >= 0.3 is 6.18 Å². The average Bonchev–Trinajstić information content (AvgIpc) is 3.08. The average molecular weight is 469 g/mol. The fourth-order valence-electron chi connectivity index (χ4n) is 3.77. The summed E-state index contributed by atoms with van der Waals surface area (Å²) in [5.74, 6) is -2.01. The number of rotatable bonds is 4. The van der Waals surface area contributed by atoms with Gasteiger partial charge in [-0.3, -0.25) is 14.5 Å². The molecule has 33 heavy (non-hydrogen) atoms. The zero-order valence-corrected chi connectivity index (χ0v) is 19.1. The lowest BCUT2D eigenvalue weighted by atomic mass is 9.86. The van der Waals surface area contributed by atoms with Crippen LogP contribution >= 0.6 is 0 Å². The number of nitrogens with one attached hydrogen (secondary N) is 2. The maximum Gasteiger partial charge on any atom is 0.416 e. The highest BCUT2D eigenvalue weighted by Gasteiger charge is 2.36. The Labute approximate surface area is 189 Å². The zero-order chi connectivity index (χ0) is 24.7. The summed E-state index contributed by atoms with van der Waals surface area (Å²) in [5, 5.41) is 5.23. The molecular weight excluding hydrogens is 442 g/mol. The van der Waals surface area contributed by atoms with Crippen LogP contribution in [-0.2, 0) is 24.1 Å². The third kappa shape index (κ3) is 5.02. The van der Waals surface area contributed by atoms with Crippen LogP contribution in [0.1, 0.15) is 42.5 Å². The van der Waals surface area contributed by atoms with E-state index < -0.39 is 34.9 Å². The van der Waals surface area contributed by atoms with Gasteiger partial charge in [0.05, 0.1) is 16.8 Å². The number of halogens is 4. The highest BCUT2D eigenvalue weighted by Crippen LogP contribution is 2.34. The molecular formula is C22H27F4N5O2. The van der Waals surface area contributed by atoms with E-state index in [1.165, 1.54) is 7.05 Å². The molecule has 0 fully saturated rings. The summed E-state index contributed by atoms with van der Waals surface area (Å²) in [6.07, 6.45) is -4.68. The predicted octanol–water partition coefficient (Wildman–Crippen LogP) is 3.04. The first kappa shape index (κ1) is 24.7. The molecule has 0 saturated heterocycles. The van der Waals surface area contributed by atoms with E-state index in [1.807, 2.05) is 11.9 Å². The molecule has 3 rings (SSSR count). The third-order valence-corrected chi connectivity index (χ3v) is 5.60. The number of hydrogen-bond donors (Lipinski definition) is 2. The molecule has 1 aromatic carbocycles. The predicted molar refractivity (Wildman–Crippen MR) is 114 cm³/mol. The molecule has 2 aromatic rings. The van der Waals surface area contributed by atoms with Crippen LogP contribution in [0.5, 0.6) is 0 Å². The van der Waals surface area contributed by atoms with Crippen molar-refractivity contribution >= 4 is 11.8 Å². The quantitative estimate of drug-likeness (QED) is 0.675. The fraction of sp³-hybridized carbons (Fsp3) is 0.500. The van der Waals surface area contributed by atoms with E-state index in [0.717, 1.165) is 12.1 Å². The summed E-state index contributed by atoms with van der Waals surface area (Å²) < 4.78 is 55.3. The van der Waals surface area contributed by atoms with Crippen LogP contribution < -0.4 is 10.6 Å². The second-order valence-corrected chi connectivity index (χ2v) is 9.20. The van der Waals surface area contributed by atoms with Gasteiger partial charge in [0.25, 0.3) is 5.91 Å². The molecule has 1 aliphatic rings. The summed E-state index contributed by atoms with van der Waals surface area (Å²) in [4.78, 5) is 31.8. The highest BCUT2D eigenvalue weighted by molar-refractivity contribution is 5.98. The number of hydrogen-bond acceptors (Lipinski definition) is 4. The van der Waals surface area contributed by atoms with Crippen molar-refractivity contribution < 1.29 is 27.2 Å². The number of imidazole rings is 1. The number of benzene rings is 1. The number of carbonyl (C=O) groups is 2. The Morgan fingerprint density at radius 2 is 1.82 bits per heavy atom. The van der Waals surface area contributed by atoms with Crippen LogP contribution in [-0.4, -0.2) is 52.9 Å². The van der Waals surface area contributed by atoms with Crippen molar-refractivity contribution in [3.05, 3.63) is 41.0 Å². The van der Waals surface area contributed by atoms with E-state index in [0.29, 0.717) is 31.4 Å². The maximum atomic E-state index is 14.7. The van der Waals surface area contributed by atoms with Gasteiger partial charge < -0.3 is 15.2 Å². The van der Waals surface area contributed by atoms with Gasteiger partial charge in [-0.05, 0) is 30.7 Å². The second kappa shape index (κ2) is 8.77. The molecule has 1 aliphatic heterocycles. The largest absolute Gasteiger partial charge is 0.416 e. The van der Waals surface area contributed by atoms with E-state index in [2.05, 4.69) is 15.6 Å². The third-order valence-electron chi connectivity index (χ3n) is 5.60. The van der Waals surface area contributed by atoms with Crippen molar-refractivity contribution in [1.82, 2.24) is 25.1 Å². The molecule has 0 saturated carbocycles. The van der Waals surface area contributed by atoms with E-state index in [9.17, 15) is 27.2 Å². The number of carbonyl (C=O) groups excluding carboxylic acids is 2. The number of fused-ring (bicyclic) bond motifs is 1. The smallest absolute Gasteiger partial charge is 0.357 e. The monoisotopic (exact) mass is 469 g/mol. The van der Waals surface area contributed by atoms with E-state index >= 15 is 0 Å². The molecule has 2 N–H and O–H groups in total. The Morgan fingerprint density at radius 1 is 1.15 bits per heavy atom. The first-order valence-corrected chi connectivity index (χ1v) is 10.4. The van der Waals surface area contributed by atoms with Crippen LogP contribution in [0.25, 0.3) is 11.4 Å². The summed E-state index contributed by atoms with van der Waals surface area (Å²) in [7, 11) is 3.31. The Morgan fingerprint density at radius 3 is 2.36 bits per heavy atom. The lowest BCUT2D eigenvalue weighted by Crippen LogP contribution is -2.53. The van der Waals surface area contributed by atoms with Gasteiger partial charge in [0.15, 0.2) is 5.69 Å². The van der Waals surface area contributed by atoms with E-state index in [4.69, 9.17) is 0 Å². The van der Waals surface area contributed by atoms with Gasteiger partial charge in [0.2, 0.25) is 5.91 Å². The van der Waals surface area contributed by atoms with Gasteiger partial charge in [-0.1, -0.05) is 20.8 Å². The molecule has 1 atom stereocenters. The number of amides is 2. The first-order valence-electron chi connectivity index (χ1n) is 10.4. The van der Waals surface area contributed by atoms with Crippen LogP contribution in [0.4, 0.5) is 17.6 Å². The Balaban J connectivity index is 2.07. The normalized spacial score (nSPS) is 15.7. The van der Waals surface area contributed by atoms with Crippen molar-refractivity contribution in [2.45, 2.75) is 46.1 Å². The highest BCUT2D eigenvalue weighted by atomic mass is 19.4. The van der Waals surface area contributed by atoms with Crippen molar-refractivity contribution in [3.63, 3.8) is 0 Å². The topological polar surface area (TPSA) is 79.3 Å². The molecule has 2 heterocycles. The van der Waals surface area contributed by atoms with Crippen LogP contribution in [0, 0.1) is 11.2 Å². The Bertz CT molecular complexity index is 1070. The lowest BCUT2D eigenvalue weighted by molar-refractivity contribution is -0.137. The molecule has 0 unspecified atom stereocenters. The molecule has 2 amide bonds. The summed E-state index contributed by atoms with van der Waals surface area (Å²) in [6, 6.07) is 1.37. The van der Waals surface area contributed by atoms with E-state index in [1.54, 1.807) is 25.3 Å². The van der Waals surface area contributed by atoms with Crippen molar-refractivity contribution in [2.75, 3.05) is 20.6 Å². The number of nitrogens with zero attached hydrogens (tertiary/aromatic N) is 3. The first-order chi connectivity index (χ1) is 15.2. The SMILES string of the molecule is CNC(=O)[C@@H](NC(=O)c1nc(-c2ccc(C(F)(F)F)cc2F)n2c1CN(C)CC2)C(C)(C)C. The minimum absolute atomic E-state index is 0.00833. The molecule has 7 nitrogen and oxygen atoms in total. The number of alkyl halides is 3. The number of likely N-dealkylation sites (N-methyl/N-ethyl adjacent to an activating group) is 2. The van der Waals surface area contributed by atoms with Crippen LogP contribution in [0.15, 0.2) is 18.2 Å². The summed E-state index contributed by atoms with van der Waals surface area (Å²) in [5.41, 5.74) is -1.33. The van der Waals surface area contributed by atoms with Gasteiger partial charge in [-0.2, -0.15) is 13.2 Å². The minimum Gasteiger partial charge on any atom is -0.357 e. The van der Waals surface area contributed by atoms with Crippen molar-refractivity contribution in [1.29, 1.82) is 0 Å². The number of aromatic nitrogens is 2. The molecule has 0 bridgehead atoms. The molecule has 180 valence electrons. The van der Waals surface area contributed by atoms with Crippen LogP contribution in [0.3, 0.4) is 0 Å². The van der Waals surface area contributed by atoms with Gasteiger partial charge in [0.1, 0.15) is 17.7 Å². The second-order valence-electron chi connectivity index (χ2n) is 9.20. The minimum atomic E-state index is -4.68. The molecule has 0 aliphatic carbocycles. The molecule has 11 heteroatoms. The summed E-state index contributed by atoms with van der Waals surface area (Å²) >= 11 is 0. The van der Waals surface area contributed by atoms with E-state index in [-0.39, 0.29) is 23.0 Å². The molecule has 0 spiro atoms. The Kier molecular flexibility index (Phi) is 6.56. The summed E-state index contributed by atoms with van der Waals surface area (Å²) in [6.45, 7) is 6.69. The molecule has 1 aromatic heterocycles. The zero-order valence-electron chi connectivity index (χ0n) is 19.1. The molecule has 0 radical (unpaired) electrons. The van der Waals surface area contributed by atoms with Crippen LogP contribution in [0.2, 0.25) is 0 Å². The maximum absolute atomic E-state index is 14.7. The Hall–Kier alpha value is -2.95. The van der Waals surface area contributed by atoms with Crippen molar-refractivity contribution in [2.24, 2.45) is 5.41 Å². The van der Waals surface area contributed by atoms with Gasteiger partial charge in [0, 0.05) is 26.7 Å². The van der Waals surface area contributed by atoms with Crippen molar-refractivity contribution in [3.8, 4) is 11.4 Å².